The quantitative estimate of drug-likeness (QED) is 0.775. The second-order valence-electron chi connectivity index (χ2n) is 7.32. The average Bonchev–Trinajstić information content (AvgIpc) is 2.63. The number of ether oxygens (including phenoxy) is 2. The van der Waals surface area contributed by atoms with Crippen molar-refractivity contribution in [1.82, 2.24) is 15.1 Å². The van der Waals surface area contributed by atoms with Crippen molar-refractivity contribution in [2.24, 2.45) is 0 Å². The summed E-state index contributed by atoms with van der Waals surface area (Å²) in [6.45, 7) is 1.47. The number of nitrogens with zero attached hydrogens (tertiary/aromatic N) is 2. The molecule has 3 saturated heterocycles. The molecule has 3 fully saturated rings. The number of morpholine rings is 1. The highest BCUT2D eigenvalue weighted by atomic mass is 35.5. The molecule has 1 aromatic carbocycles. The Morgan fingerprint density at radius 2 is 2.00 bits per heavy atom. The number of rotatable bonds is 2. The van der Waals surface area contributed by atoms with Gasteiger partial charge in [-0.15, -0.1) is 0 Å². The zero-order valence-corrected chi connectivity index (χ0v) is 16.0. The van der Waals surface area contributed by atoms with Crippen molar-refractivity contribution < 1.29 is 32.2 Å². The summed E-state index contributed by atoms with van der Waals surface area (Å²) in [5.41, 5.74) is -0.955. The molecular formula is C18H19ClF3N3O4. The van der Waals surface area contributed by atoms with Gasteiger partial charge >= 0.3 is 12.2 Å². The van der Waals surface area contributed by atoms with Crippen LogP contribution >= 0.6 is 11.6 Å². The Bertz CT molecular complexity index is 816. The van der Waals surface area contributed by atoms with Crippen LogP contribution in [0.4, 0.5) is 18.0 Å². The number of nitrogens with one attached hydrogen (secondary N) is 1. The van der Waals surface area contributed by atoms with Crippen molar-refractivity contribution in [3.05, 3.63) is 28.8 Å². The molecule has 0 aromatic heterocycles. The van der Waals surface area contributed by atoms with Crippen LogP contribution in [0.2, 0.25) is 5.02 Å². The van der Waals surface area contributed by atoms with E-state index in [0.29, 0.717) is 19.5 Å². The highest BCUT2D eigenvalue weighted by Crippen LogP contribution is 2.37. The highest BCUT2D eigenvalue weighted by molar-refractivity contribution is 6.31. The minimum atomic E-state index is -4.57. The fourth-order valence-corrected chi connectivity index (χ4v) is 3.95. The first kappa shape index (κ1) is 20.1. The van der Waals surface area contributed by atoms with Crippen molar-refractivity contribution in [2.75, 3.05) is 32.8 Å². The lowest BCUT2D eigenvalue weighted by molar-refractivity contribution is -0.140. The standard InChI is InChI=1S/C18H19ClF3N3O4/c19-13-2-1-10(5-12(13)18(20,21)22)29-11-6-25(7-11)17(27)24-4-3-15-14(8-24)23-16(26)9-28-15/h1-2,5,11,14-15H,3-4,6-9H2,(H,23,26)/t14?,15-/m0/s1. The Morgan fingerprint density at radius 1 is 1.24 bits per heavy atom. The third-order valence-electron chi connectivity index (χ3n) is 5.26. The van der Waals surface area contributed by atoms with Crippen molar-refractivity contribution >= 4 is 23.5 Å². The number of hydrogen-bond donors (Lipinski definition) is 1. The summed E-state index contributed by atoms with van der Waals surface area (Å²) in [6, 6.07) is 2.97. The molecule has 0 radical (unpaired) electrons. The van der Waals surface area contributed by atoms with Crippen molar-refractivity contribution in [2.45, 2.75) is 30.8 Å². The van der Waals surface area contributed by atoms with Gasteiger partial charge in [0, 0.05) is 13.1 Å². The van der Waals surface area contributed by atoms with Gasteiger partial charge in [0.05, 0.1) is 35.8 Å². The van der Waals surface area contributed by atoms with E-state index in [1.165, 1.54) is 6.07 Å². The van der Waals surface area contributed by atoms with Gasteiger partial charge in [-0.1, -0.05) is 11.6 Å². The summed E-state index contributed by atoms with van der Waals surface area (Å²) in [7, 11) is 0. The summed E-state index contributed by atoms with van der Waals surface area (Å²) in [4.78, 5) is 27.3. The van der Waals surface area contributed by atoms with Crippen LogP contribution in [-0.4, -0.2) is 72.8 Å². The average molecular weight is 434 g/mol. The molecule has 1 unspecified atom stereocenters. The first-order valence-electron chi connectivity index (χ1n) is 9.19. The molecule has 0 spiro atoms. The number of hydrogen-bond acceptors (Lipinski definition) is 4. The predicted molar refractivity (Wildman–Crippen MR) is 95.7 cm³/mol. The maximum Gasteiger partial charge on any atom is 0.417 e. The predicted octanol–water partition coefficient (Wildman–Crippen LogP) is 2.13. The molecule has 3 aliphatic heterocycles. The van der Waals surface area contributed by atoms with E-state index in [9.17, 15) is 22.8 Å². The minimum Gasteiger partial charge on any atom is -0.487 e. The van der Waals surface area contributed by atoms with Gasteiger partial charge in [0.15, 0.2) is 0 Å². The second kappa shape index (κ2) is 7.56. The van der Waals surface area contributed by atoms with Gasteiger partial charge in [0.2, 0.25) is 5.91 Å². The zero-order valence-electron chi connectivity index (χ0n) is 15.2. The van der Waals surface area contributed by atoms with Crippen LogP contribution in [0.1, 0.15) is 12.0 Å². The largest absolute Gasteiger partial charge is 0.487 e. The molecule has 0 aliphatic carbocycles. The molecule has 7 nitrogen and oxygen atoms in total. The fraction of sp³-hybridized carbons (Fsp3) is 0.556. The number of likely N-dealkylation sites (tertiary alicyclic amines) is 2. The molecule has 1 N–H and O–H groups in total. The van der Waals surface area contributed by atoms with Gasteiger partial charge < -0.3 is 24.6 Å². The number of amides is 3. The molecule has 1 aromatic rings. The molecular weight excluding hydrogens is 415 g/mol. The monoisotopic (exact) mass is 433 g/mol. The third kappa shape index (κ3) is 4.23. The van der Waals surface area contributed by atoms with Crippen molar-refractivity contribution in [1.29, 1.82) is 0 Å². The van der Waals surface area contributed by atoms with Crippen molar-refractivity contribution in [3.63, 3.8) is 0 Å². The summed E-state index contributed by atoms with van der Waals surface area (Å²) in [5, 5.41) is 2.45. The van der Waals surface area contributed by atoms with E-state index in [1.807, 2.05) is 0 Å². The number of carbonyl (C=O) groups excluding carboxylic acids is 2. The van der Waals surface area contributed by atoms with Crippen LogP contribution in [0.3, 0.4) is 0 Å². The smallest absolute Gasteiger partial charge is 0.417 e. The number of halogens is 4. The SMILES string of the molecule is O=C1CO[C@H]2CCN(C(=O)N3CC(Oc4ccc(Cl)c(C(F)(F)F)c4)C3)CC2N1. The van der Waals surface area contributed by atoms with Gasteiger partial charge in [-0.2, -0.15) is 13.2 Å². The van der Waals surface area contributed by atoms with Gasteiger partial charge in [-0.25, -0.2) is 4.79 Å². The Hall–Kier alpha value is -2.20. The molecule has 3 heterocycles. The van der Waals surface area contributed by atoms with Crippen LogP contribution in [0.15, 0.2) is 18.2 Å². The first-order chi connectivity index (χ1) is 13.7. The van der Waals surface area contributed by atoms with E-state index in [1.54, 1.807) is 9.80 Å². The van der Waals surface area contributed by atoms with E-state index in [4.69, 9.17) is 21.1 Å². The summed E-state index contributed by atoms with van der Waals surface area (Å²) in [5.74, 6) is -0.138. The number of fused-ring (bicyclic) bond motifs is 1. The molecule has 29 heavy (non-hydrogen) atoms. The second-order valence-corrected chi connectivity index (χ2v) is 7.73. The lowest BCUT2D eigenvalue weighted by Gasteiger charge is -2.45. The van der Waals surface area contributed by atoms with Gasteiger partial charge in [-0.05, 0) is 24.6 Å². The maximum atomic E-state index is 12.9. The minimum absolute atomic E-state index is 0.0427. The van der Waals surface area contributed by atoms with Crippen molar-refractivity contribution in [3.8, 4) is 5.75 Å². The summed E-state index contributed by atoms with van der Waals surface area (Å²) >= 11 is 5.60. The molecule has 0 saturated carbocycles. The normalized spacial score (nSPS) is 25.2. The number of urea groups is 1. The van der Waals surface area contributed by atoms with Crippen LogP contribution in [0.25, 0.3) is 0 Å². The number of alkyl halides is 3. The Kier molecular flexibility index (Phi) is 5.24. The molecule has 0 bridgehead atoms. The molecule has 3 amide bonds. The number of benzene rings is 1. The Labute approximate surface area is 169 Å². The number of piperidine rings is 1. The molecule has 11 heteroatoms. The van der Waals surface area contributed by atoms with E-state index >= 15 is 0 Å². The summed E-state index contributed by atoms with van der Waals surface area (Å²) in [6.07, 6.45) is -4.41. The van der Waals surface area contributed by atoms with Crippen LogP contribution in [-0.2, 0) is 15.7 Å². The topological polar surface area (TPSA) is 71.1 Å². The van der Waals surface area contributed by atoms with Crippen LogP contribution in [0.5, 0.6) is 5.75 Å². The lowest BCUT2D eigenvalue weighted by Crippen LogP contribution is -2.65. The van der Waals surface area contributed by atoms with E-state index in [0.717, 1.165) is 12.1 Å². The zero-order chi connectivity index (χ0) is 20.8. The van der Waals surface area contributed by atoms with E-state index in [2.05, 4.69) is 5.32 Å². The van der Waals surface area contributed by atoms with E-state index in [-0.39, 0.29) is 49.5 Å². The third-order valence-corrected chi connectivity index (χ3v) is 5.59. The fourth-order valence-electron chi connectivity index (χ4n) is 3.73. The van der Waals surface area contributed by atoms with E-state index < -0.39 is 22.9 Å². The molecule has 2 atom stereocenters. The summed E-state index contributed by atoms with van der Waals surface area (Å²) < 4.78 is 49.9. The van der Waals surface area contributed by atoms with Gasteiger partial charge in [0.25, 0.3) is 0 Å². The van der Waals surface area contributed by atoms with Crippen LogP contribution < -0.4 is 10.1 Å². The first-order valence-corrected chi connectivity index (χ1v) is 9.57. The van der Waals surface area contributed by atoms with Gasteiger partial charge in [-0.3, -0.25) is 4.79 Å². The lowest BCUT2D eigenvalue weighted by atomic mass is 10.0. The maximum absolute atomic E-state index is 12.9. The van der Waals surface area contributed by atoms with Crippen LogP contribution in [0, 0.1) is 0 Å². The Morgan fingerprint density at radius 3 is 2.72 bits per heavy atom. The Balaban J connectivity index is 1.30. The molecule has 4 rings (SSSR count). The molecule has 3 aliphatic rings. The molecule has 158 valence electrons. The number of carbonyl (C=O) groups is 2. The van der Waals surface area contributed by atoms with Gasteiger partial charge in [0.1, 0.15) is 18.5 Å². The highest BCUT2D eigenvalue weighted by Gasteiger charge is 2.41.